The summed E-state index contributed by atoms with van der Waals surface area (Å²) in [4.78, 5) is 4.80. The molecule has 34 heavy (non-hydrogen) atoms. The zero-order chi connectivity index (χ0) is 23.4. The number of benzene rings is 4. The maximum absolute atomic E-state index is 6.67. The maximum atomic E-state index is 6.67. The Hall–Kier alpha value is -3.66. The largest absolute Gasteiger partial charge is 0.324 e. The number of nitrogens with zero attached hydrogens (tertiary/aromatic N) is 2. The first kappa shape index (κ1) is 22.1. The molecule has 1 unspecified atom stereocenters. The SMILES string of the molecule is NC(Cc1nccn1C(c1ccccc1)(c1ccccc1)c1ccccc1)c1cccc(Cl)c1. The van der Waals surface area contributed by atoms with E-state index in [1.807, 2.05) is 48.7 Å². The number of hydrogen-bond donors (Lipinski definition) is 1. The van der Waals surface area contributed by atoms with Gasteiger partial charge in [0.2, 0.25) is 0 Å². The molecule has 2 N–H and O–H groups in total. The second-order valence-electron chi connectivity index (χ2n) is 8.39. The van der Waals surface area contributed by atoms with Crippen LogP contribution in [0.25, 0.3) is 0 Å². The van der Waals surface area contributed by atoms with Crippen molar-refractivity contribution in [3.63, 3.8) is 0 Å². The van der Waals surface area contributed by atoms with Crippen molar-refractivity contribution in [2.24, 2.45) is 5.73 Å². The molecule has 4 aromatic carbocycles. The van der Waals surface area contributed by atoms with E-state index in [0.29, 0.717) is 11.4 Å². The van der Waals surface area contributed by atoms with Gasteiger partial charge in [0, 0.05) is 29.9 Å². The molecule has 0 amide bonds. The van der Waals surface area contributed by atoms with Gasteiger partial charge in [-0.3, -0.25) is 0 Å². The number of halogens is 1. The van der Waals surface area contributed by atoms with Crippen LogP contribution in [0.4, 0.5) is 0 Å². The summed E-state index contributed by atoms with van der Waals surface area (Å²) in [5.74, 6) is 0.907. The lowest BCUT2D eigenvalue weighted by molar-refractivity contribution is 0.482. The van der Waals surface area contributed by atoms with Gasteiger partial charge in [-0.2, -0.15) is 0 Å². The normalized spacial score (nSPS) is 12.4. The van der Waals surface area contributed by atoms with Crippen LogP contribution in [0.3, 0.4) is 0 Å². The van der Waals surface area contributed by atoms with E-state index in [4.69, 9.17) is 22.3 Å². The highest BCUT2D eigenvalue weighted by Crippen LogP contribution is 2.41. The number of nitrogens with two attached hydrogens (primary N) is 1. The molecule has 0 bridgehead atoms. The van der Waals surface area contributed by atoms with Crippen molar-refractivity contribution in [2.45, 2.75) is 18.0 Å². The van der Waals surface area contributed by atoms with Crippen molar-refractivity contribution in [1.82, 2.24) is 9.55 Å². The number of hydrogen-bond acceptors (Lipinski definition) is 2. The van der Waals surface area contributed by atoms with E-state index in [1.54, 1.807) is 0 Å². The van der Waals surface area contributed by atoms with Gasteiger partial charge in [0.25, 0.3) is 0 Å². The zero-order valence-electron chi connectivity index (χ0n) is 18.8. The summed E-state index contributed by atoms with van der Waals surface area (Å²) < 4.78 is 2.28. The Morgan fingerprint density at radius 1 is 0.735 bits per heavy atom. The van der Waals surface area contributed by atoms with Gasteiger partial charge in [-0.1, -0.05) is 115 Å². The maximum Gasteiger partial charge on any atom is 0.121 e. The average molecular weight is 464 g/mol. The fourth-order valence-electron chi connectivity index (χ4n) is 4.80. The zero-order valence-corrected chi connectivity index (χ0v) is 19.5. The molecule has 1 atom stereocenters. The van der Waals surface area contributed by atoms with E-state index in [0.717, 1.165) is 28.1 Å². The van der Waals surface area contributed by atoms with E-state index in [2.05, 4.69) is 83.6 Å². The van der Waals surface area contributed by atoms with Crippen LogP contribution in [0.2, 0.25) is 5.02 Å². The number of aromatic nitrogens is 2. The third-order valence-electron chi connectivity index (χ3n) is 6.33. The van der Waals surface area contributed by atoms with Crippen molar-refractivity contribution in [1.29, 1.82) is 0 Å². The van der Waals surface area contributed by atoms with Crippen LogP contribution in [-0.4, -0.2) is 9.55 Å². The number of imidazole rings is 1. The number of rotatable bonds is 7. The van der Waals surface area contributed by atoms with Crippen molar-refractivity contribution < 1.29 is 0 Å². The minimum absolute atomic E-state index is 0.236. The third-order valence-corrected chi connectivity index (χ3v) is 6.57. The lowest BCUT2D eigenvalue weighted by Crippen LogP contribution is -2.39. The molecular weight excluding hydrogens is 438 g/mol. The van der Waals surface area contributed by atoms with Crippen LogP contribution in [0.15, 0.2) is 128 Å². The molecular formula is C30H26ClN3. The second kappa shape index (κ2) is 9.68. The van der Waals surface area contributed by atoms with Gasteiger partial charge in [0.05, 0.1) is 0 Å². The highest BCUT2D eigenvalue weighted by atomic mass is 35.5. The van der Waals surface area contributed by atoms with Gasteiger partial charge in [-0.15, -0.1) is 0 Å². The Kier molecular flexibility index (Phi) is 6.31. The summed E-state index contributed by atoms with van der Waals surface area (Å²) in [6, 6.07) is 39.3. The van der Waals surface area contributed by atoms with E-state index in [9.17, 15) is 0 Å². The summed E-state index contributed by atoms with van der Waals surface area (Å²) in [5, 5.41) is 0.684. The van der Waals surface area contributed by atoms with E-state index >= 15 is 0 Å². The molecule has 0 spiro atoms. The Morgan fingerprint density at radius 3 is 1.76 bits per heavy atom. The van der Waals surface area contributed by atoms with Crippen LogP contribution in [0.1, 0.15) is 34.1 Å². The molecule has 168 valence electrons. The molecule has 0 radical (unpaired) electrons. The molecule has 5 aromatic rings. The van der Waals surface area contributed by atoms with Gasteiger partial charge in [-0.25, -0.2) is 4.98 Å². The molecule has 0 saturated heterocycles. The van der Waals surface area contributed by atoms with Crippen LogP contribution in [-0.2, 0) is 12.0 Å². The van der Waals surface area contributed by atoms with Crippen molar-refractivity contribution in [3.05, 3.63) is 161 Å². The predicted molar refractivity (Wildman–Crippen MR) is 139 cm³/mol. The van der Waals surface area contributed by atoms with Gasteiger partial charge < -0.3 is 10.3 Å². The Bertz CT molecular complexity index is 1250. The molecule has 4 heteroatoms. The van der Waals surface area contributed by atoms with Crippen molar-refractivity contribution in [2.75, 3.05) is 0 Å². The monoisotopic (exact) mass is 463 g/mol. The van der Waals surface area contributed by atoms with Gasteiger partial charge in [0.1, 0.15) is 11.4 Å². The smallest absolute Gasteiger partial charge is 0.121 e. The quantitative estimate of drug-likeness (QED) is 0.276. The van der Waals surface area contributed by atoms with Crippen LogP contribution in [0.5, 0.6) is 0 Å². The molecule has 0 aliphatic rings. The molecule has 1 aromatic heterocycles. The molecule has 0 aliphatic carbocycles. The van der Waals surface area contributed by atoms with E-state index < -0.39 is 5.54 Å². The lowest BCUT2D eigenvalue weighted by atomic mass is 9.76. The Balaban J connectivity index is 1.73. The summed E-state index contributed by atoms with van der Waals surface area (Å²) >= 11 is 6.24. The predicted octanol–water partition coefficient (Wildman–Crippen LogP) is 6.62. The van der Waals surface area contributed by atoms with Gasteiger partial charge >= 0.3 is 0 Å². The minimum atomic E-state index is -0.607. The van der Waals surface area contributed by atoms with Gasteiger partial charge in [0.15, 0.2) is 0 Å². The summed E-state index contributed by atoms with van der Waals surface area (Å²) in [5.41, 5.74) is 10.5. The molecule has 1 heterocycles. The Labute approximate surface area is 205 Å². The molecule has 3 nitrogen and oxygen atoms in total. The summed E-state index contributed by atoms with van der Waals surface area (Å²) in [7, 11) is 0. The first-order valence-corrected chi connectivity index (χ1v) is 11.8. The third kappa shape index (κ3) is 4.05. The minimum Gasteiger partial charge on any atom is -0.324 e. The van der Waals surface area contributed by atoms with Crippen molar-refractivity contribution >= 4 is 11.6 Å². The first-order valence-electron chi connectivity index (χ1n) is 11.4. The van der Waals surface area contributed by atoms with Crippen LogP contribution >= 0.6 is 11.6 Å². The second-order valence-corrected chi connectivity index (χ2v) is 8.82. The standard InChI is InChI=1S/C30H26ClN3/c31-27-18-10-11-23(21-27)28(32)22-29-33-19-20-34(29)30(24-12-4-1-5-13-24,25-14-6-2-7-15-25)26-16-8-3-9-17-26/h1-21,28H,22,32H2. The van der Waals surface area contributed by atoms with Crippen LogP contribution < -0.4 is 5.73 Å². The first-order chi connectivity index (χ1) is 16.7. The van der Waals surface area contributed by atoms with E-state index in [1.165, 1.54) is 0 Å². The fraction of sp³-hybridized carbons (Fsp3) is 0.100. The molecule has 0 aliphatic heterocycles. The van der Waals surface area contributed by atoms with Gasteiger partial charge in [-0.05, 0) is 34.4 Å². The lowest BCUT2D eigenvalue weighted by Gasteiger charge is -2.38. The highest BCUT2D eigenvalue weighted by molar-refractivity contribution is 6.30. The Morgan fingerprint density at radius 2 is 1.26 bits per heavy atom. The average Bonchev–Trinajstić information content (AvgIpc) is 3.35. The summed E-state index contributed by atoms with van der Waals surface area (Å²) in [6.45, 7) is 0. The highest BCUT2D eigenvalue weighted by Gasteiger charge is 2.39. The molecule has 0 saturated carbocycles. The topological polar surface area (TPSA) is 43.8 Å². The molecule has 5 rings (SSSR count). The summed E-state index contributed by atoms with van der Waals surface area (Å²) in [6.07, 6.45) is 4.50. The van der Waals surface area contributed by atoms with Crippen LogP contribution in [0, 0.1) is 0 Å². The van der Waals surface area contributed by atoms with E-state index in [-0.39, 0.29) is 6.04 Å². The fourth-order valence-corrected chi connectivity index (χ4v) is 5.00. The van der Waals surface area contributed by atoms with Crippen molar-refractivity contribution in [3.8, 4) is 0 Å². The molecule has 0 fully saturated rings.